The third-order valence-corrected chi connectivity index (χ3v) is 3.74. The lowest BCUT2D eigenvalue weighted by atomic mass is 10.1. The average molecular weight is 294 g/mol. The van der Waals surface area contributed by atoms with Crippen LogP contribution in [0.15, 0.2) is 24.3 Å². The molecular weight excluding hydrogens is 275 g/mol. The van der Waals surface area contributed by atoms with Crippen molar-refractivity contribution in [2.75, 3.05) is 31.1 Å². The van der Waals surface area contributed by atoms with Gasteiger partial charge >= 0.3 is 5.97 Å². The summed E-state index contributed by atoms with van der Waals surface area (Å²) < 4.78 is 12.9. The summed E-state index contributed by atoms with van der Waals surface area (Å²) in [4.78, 5) is 26.7. The zero-order valence-corrected chi connectivity index (χ0v) is 12.0. The number of aliphatic carboxylic acids is 1. The first-order chi connectivity index (χ1) is 10.0. The summed E-state index contributed by atoms with van der Waals surface area (Å²) in [5.41, 5.74) is 0.651. The normalized spacial score (nSPS) is 18.7. The molecule has 2 rings (SSSR count). The molecule has 5 nitrogen and oxygen atoms in total. The van der Waals surface area contributed by atoms with Gasteiger partial charge in [0.2, 0.25) is 5.91 Å². The molecule has 1 unspecified atom stereocenters. The van der Waals surface area contributed by atoms with E-state index in [9.17, 15) is 14.0 Å². The number of carboxylic acid groups (broad SMARTS) is 1. The molecule has 114 valence electrons. The number of carbonyl (C=O) groups is 2. The van der Waals surface area contributed by atoms with Crippen LogP contribution < -0.4 is 4.90 Å². The first-order valence-corrected chi connectivity index (χ1v) is 7.02. The molecule has 0 aliphatic carbocycles. The number of carboxylic acids is 1. The van der Waals surface area contributed by atoms with Crippen molar-refractivity contribution in [1.29, 1.82) is 0 Å². The lowest BCUT2D eigenvalue weighted by Gasteiger charge is -2.24. The number of rotatable bonds is 5. The summed E-state index contributed by atoms with van der Waals surface area (Å²) in [5.74, 6) is -1.64. The molecule has 0 radical (unpaired) electrons. The Labute approximate surface area is 123 Å². The van der Waals surface area contributed by atoms with Crippen LogP contribution in [0.4, 0.5) is 10.1 Å². The molecule has 0 bridgehead atoms. The Morgan fingerprint density at radius 3 is 2.57 bits per heavy atom. The van der Waals surface area contributed by atoms with Crippen LogP contribution in [-0.4, -0.2) is 48.1 Å². The number of likely N-dealkylation sites (tertiary alicyclic amines) is 1. The maximum atomic E-state index is 12.9. The van der Waals surface area contributed by atoms with Crippen LogP contribution in [0.3, 0.4) is 0 Å². The van der Waals surface area contributed by atoms with Gasteiger partial charge in [0.1, 0.15) is 5.82 Å². The number of likely N-dealkylation sites (N-methyl/N-ethyl adjacent to an activating group) is 1. The molecule has 1 aliphatic heterocycles. The van der Waals surface area contributed by atoms with Gasteiger partial charge in [-0.3, -0.25) is 14.5 Å². The van der Waals surface area contributed by atoms with E-state index in [2.05, 4.69) is 0 Å². The number of nitrogens with zero attached hydrogens (tertiary/aromatic N) is 2. The van der Waals surface area contributed by atoms with E-state index in [1.54, 1.807) is 17.0 Å². The number of amides is 1. The van der Waals surface area contributed by atoms with Gasteiger partial charge in [0.25, 0.3) is 0 Å². The number of hydrogen-bond acceptors (Lipinski definition) is 3. The number of halogens is 1. The van der Waals surface area contributed by atoms with Gasteiger partial charge in [0, 0.05) is 18.8 Å². The molecule has 1 N–H and O–H groups in total. The van der Waals surface area contributed by atoms with E-state index in [4.69, 9.17) is 5.11 Å². The maximum absolute atomic E-state index is 12.9. The van der Waals surface area contributed by atoms with Crippen molar-refractivity contribution in [3.8, 4) is 0 Å². The highest BCUT2D eigenvalue weighted by molar-refractivity contribution is 5.94. The van der Waals surface area contributed by atoms with Gasteiger partial charge in [0.05, 0.1) is 12.5 Å². The van der Waals surface area contributed by atoms with Gasteiger partial charge < -0.3 is 10.0 Å². The second-order valence-corrected chi connectivity index (χ2v) is 5.17. The molecule has 1 heterocycles. The fourth-order valence-corrected chi connectivity index (χ4v) is 2.58. The predicted molar refractivity (Wildman–Crippen MR) is 76.6 cm³/mol. The fraction of sp³-hybridized carbons (Fsp3) is 0.467. The first kappa shape index (κ1) is 15.4. The van der Waals surface area contributed by atoms with E-state index in [1.807, 2.05) is 11.8 Å². The van der Waals surface area contributed by atoms with Crippen molar-refractivity contribution in [1.82, 2.24) is 4.90 Å². The van der Waals surface area contributed by atoms with E-state index >= 15 is 0 Å². The summed E-state index contributed by atoms with van der Waals surface area (Å²) in [5, 5.41) is 8.97. The molecule has 21 heavy (non-hydrogen) atoms. The van der Waals surface area contributed by atoms with Crippen LogP contribution in [0.5, 0.6) is 0 Å². The Kier molecular flexibility index (Phi) is 4.90. The third-order valence-electron chi connectivity index (χ3n) is 3.74. The monoisotopic (exact) mass is 294 g/mol. The SMILES string of the molecule is CCN(C(=O)CN1CCC(C(=O)O)C1)c1ccc(F)cc1. The van der Waals surface area contributed by atoms with Gasteiger partial charge in [-0.15, -0.1) is 0 Å². The summed E-state index contributed by atoms with van der Waals surface area (Å²) in [6.45, 7) is 3.55. The molecule has 0 aromatic heterocycles. The van der Waals surface area contributed by atoms with E-state index < -0.39 is 11.9 Å². The maximum Gasteiger partial charge on any atom is 0.307 e. The minimum Gasteiger partial charge on any atom is -0.481 e. The highest BCUT2D eigenvalue weighted by Crippen LogP contribution is 2.18. The van der Waals surface area contributed by atoms with Crippen molar-refractivity contribution in [3.63, 3.8) is 0 Å². The highest BCUT2D eigenvalue weighted by atomic mass is 19.1. The molecule has 1 aromatic carbocycles. The van der Waals surface area contributed by atoms with Crippen molar-refractivity contribution in [3.05, 3.63) is 30.1 Å². The lowest BCUT2D eigenvalue weighted by Crippen LogP contribution is -2.40. The Balaban J connectivity index is 1.98. The second kappa shape index (κ2) is 6.67. The van der Waals surface area contributed by atoms with E-state index in [-0.39, 0.29) is 18.3 Å². The minimum atomic E-state index is -0.809. The molecule has 1 aliphatic rings. The standard InChI is InChI=1S/C15H19FN2O3/c1-2-18(13-5-3-12(16)4-6-13)14(19)10-17-8-7-11(9-17)15(20)21/h3-6,11H,2,7-10H2,1H3,(H,20,21). The highest BCUT2D eigenvalue weighted by Gasteiger charge is 2.29. The van der Waals surface area contributed by atoms with Crippen LogP contribution in [0, 0.1) is 11.7 Å². The topological polar surface area (TPSA) is 60.9 Å². The van der Waals surface area contributed by atoms with Gasteiger partial charge in [0.15, 0.2) is 0 Å². The van der Waals surface area contributed by atoms with E-state index in [0.29, 0.717) is 31.7 Å². The lowest BCUT2D eigenvalue weighted by molar-refractivity contribution is -0.141. The summed E-state index contributed by atoms with van der Waals surface area (Å²) in [6, 6.07) is 5.78. The fourth-order valence-electron chi connectivity index (χ4n) is 2.58. The molecule has 1 atom stereocenters. The van der Waals surface area contributed by atoms with Gasteiger partial charge in [-0.2, -0.15) is 0 Å². The molecule has 1 aromatic rings. The minimum absolute atomic E-state index is 0.102. The van der Waals surface area contributed by atoms with Crippen molar-refractivity contribution in [2.45, 2.75) is 13.3 Å². The molecule has 0 saturated carbocycles. The van der Waals surface area contributed by atoms with Crippen molar-refractivity contribution < 1.29 is 19.1 Å². The van der Waals surface area contributed by atoms with Crippen LogP contribution in [0.25, 0.3) is 0 Å². The first-order valence-electron chi connectivity index (χ1n) is 7.02. The summed E-state index contributed by atoms with van der Waals surface area (Å²) in [6.07, 6.45) is 0.575. The largest absolute Gasteiger partial charge is 0.481 e. The quantitative estimate of drug-likeness (QED) is 0.896. The van der Waals surface area contributed by atoms with Crippen molar-refractivity contribution in [2.24, 2.45) is 5.92 Å². The summed E-state index contributed by atoms with van der Waals surface area (Å²) >= 11 is 0. The molecule has 1 saturated heterocycles. The zero-order valence-electron chi connectivity index (χ0n) is 12.0. The number of carbonyl (C=O) groups excluding carboxylic acids is 1. The zero-order chi connectivity index (χ0) is 15.4. The number of hydrogen-bond donors (Lipinski definition) is 1. The molecular formula is C15H19FN2O3. The van der Waals surface area contributed by atoms with E-state index in [1.165, 1.54) is 12.1 Å². The average Bonchev–Trinajstić information content (AvgIpc) is 2.90. The predicted octanol–water partition coefficient (Wildman–Crippen LogP) is 1.59. The molecule has 0 spiro atoms. The number of anilines is 1. The molecule has 6 heteroatoms. The Hall–Kier alpha value is -1.95. The van der Waals surface area contributed by atoms with E-state index in [0.717, 1.165) is 0 Å². The van der Waals surface area contributed by atoms with Crippen LogP contribution in [0.1, 0.15) is 13.3 Å². The van der Waals surface area contributed by atoms with Crippen LogP contribution in [-0.2, 0) is 9.59 Å². The second-order valence-electron chi connectivity index (χ2n) is 5.17. The van der Waals surface area contributed by atoms with Crippen LogP contribution in [0.2, 0.25) is 0 Å². The third kappa shape index (κ3) is 3.78. The Morgan fingerprint density at radius 2 is 2.05 bits per heavy atom. The Bertz CT molecular complexity index is 518. The molecule has 1 fully saturated rings. The Morgan fingerprint density at radius 1 is 1.38 bits per heavy atom. The van der Waals surface area contributed by atoms with Crippen LogP contribution >= 0.6 is 0 Å². The summed E-state index contributed by atoms with van der Waals surface area (Å²) in [7, 11) is 0. The van der Waals surface area contributed by atoms with Crippen molar-refractivity contribution >= 4 is 17.6 Å². The number of benzene rings is 1. The van der Waals surface area contributed by atoms with Gasteiger partial charge in [-0.25, -0.2) is 4.39 Å². The van der Waals surface area contributed by atoms with Gasteiger partial charge in [-0.1, -0.05) is 0 Å². The van der Waals surface area contributed by atoms with Gasteiger partial charge in [-0.05, 0) is 44.2 Å². The molecule has 1 amide bonds. The smallest absolute Gasteiger partial charge is 0.307 e.